The van der Waals surface area contributed by atoms with Crippen LogP contribution in [-0.4, -0.2) is 37.6 Å². The second-order valence-electron chi connectivity index (χ2n) is 4.72. The predicted molar refractivity (Wildman–Crippen MR) is 51.2 cm³/mol. The fourth-order valence-corrected chi connectivity index (χ4v) is 2.96. The van der Waals surface area contributed by atoms with Crippen molar-refractivity contribution in [3.8, 4) is 0 Å². The Labute approximate surface area is 75.3 Å². The van der Waals surface area contributed by atoms with Gasteiger partial charge in [-0.2, -0.15) is 0 Å². The van der Waals surface area contributed by atoms with E-state index in [-0.39, 0.29) is 0 Å². The molecule has 1 N–H and O–H groups in total. The van der Waals surface area contributed by atoms with Gasteiger partial charge in [-0.25, -0.2) is 0 Å². The van der Waals surface area contributed by atoms with Gasteiger partial charge in [-0.05, 0) is 25.3 Å². The summed E-state index contributed by atoms with van der Waals surface area (Å²) in [4.78, 5) is 2.55. The first kappa shape index (κ1) is 8.52. The van der Waals surface area contributed by atoms with Gasteiger partial charge in [0.15, 0.2) is 0 Å². The molecule has 0 amide bonds. The Morgan fingerprint density at radius 2 is 2.33 bits per heavy atom. The minimum absolute atomic E-state index is 0.561. The SMILES string of the molecule is CN1CCNC[C@@]2(C)CCC[C@H]12. The molecule has 1 saturated carbocycles. The Bertz CT molecular complexity index is 169. The molecule has 0 aromatic carbocycles. The summed E-state index contributed by atoms with van der Waals surface area (Å²) in [5, 5.41) is 3.55. The molecule has 2 fully saturated rings. The summed E-state index contributed by atoms with van der Waals surface area (Å²) in [7, 11) is 2.28. The maximum absolute atomic E-state index is 3.55. The fourth-order valence-electron chi connectivity index (χ4n) is 2.96. The third-order valence-electron chi connectivity index (χ3n) is 3.73. The van der Waals surface area contributed by atoms with Gasteiger partial charge in [-0.15, -0.1) is 0 Å². The number of nitrogens with one attached hydrogen (secondary N) is 1. The average molecular weight is 168 g/mol. The summed E-state index contributed by atoms with van der Waals surface area (Å²) in [6, 6.07) is 0.840. The fraction of sp³-hybridized carbons (Fsp3) is 1.00. The van der Waals surface area contributed by atoms with Crippen LogP contribution in [0.3, 0.4) is 0 Å². The molecule has 1 aliphatic carbocycles. The molecule has 2 atom stereocenters. The van der Waals surface area contributed by atoms with Gasteiger partial charge >= 0.3 is 0 Å². The van der Waals surface area contributed by atoms with Crippen molar-refractivity contribution < 1.29 is 0 Å². The normalized spacial score (nSPS) is 44.0. The maximum atomic E-state index is 3.55. The van der Waals surface area contributed by atoms with Crippen molar-refractivity contribution in [1.29, 1.82) is 0 Å². The highest BCUT2D eigenvalue weighted by Gasteiger charge is 2.41. The molecule has 1 saturated heterocycles. The second-order valence-corrected chi connectivity index (χ2v) is 4.72. The van der Waals surface area contributed by atoms with Crippen LogP contribution in [0.4, 0.5) is 0 Å². The zero-order valence-electron chi connectivity index (χ0n) is 8.27. The molecule has 2 rings (SSSR count). The van der Waals surface area contributed by atoms with E-state index in [2.05, 4.69) is 24.2 Å². The lowest BCUT2D eigenvalue weighted by atomic mass is 9.84. The van der Waals surface area contributed by atoms with Gasteiger partial charge in [-0.3, -0.25) is 0 Å². The molecule has 0 bridgehead atoms. The molecule has 2 heteroatoms. The molecular formula is C10H20N2. The zero-order valence-corrected chi connectivity index (χ0v) is 8.27. The van der Waals surface area contributed by atoms with Crippen LogP contribution in [0.15, 0.2) is 0 Å². The number of hydrogen-bond acceptors (Lipinski definition) is 2. The molecule has 0 aromatic heterocycles. The molecular weight excluding hydrogens is 148 g/mol. The van der Waals surface area contributed by atoms with Gasteiger partial charge in [0.25, 0.3) is 0 Å². The Balaban J connectivity index is 2.15. The maximum Gasteiger partial charge on any atom is 0.0159 e. The monoisotopic (exact) mass is 168 g/mol. The number of fused-ring (bicyclic) bond motifs is 1. The van der Waals surface area contributed by atoms with E-state index in [4.69, 9.17) is 0 Å². The van der Waals surface area contributed by atoms with Crippen LogP contribution in [0.1, 0.15) is 26.2 Å². The Hall–Kier alpha value is -0.0800. The Morgan fingerprint density at radius 3 is 3.17 bits per heavy atom. The molecule has 2 nitrogen and oxygen atoms in total. The van der Waals surface area contributed by atoms with E-state index in [0.29, 0.717) is 5.41 Å². The molecule has 70 valence electrons. The van der Waals surface area contributed by atoms with Crippen molar-refractivity contribution in [3.05, 3.63) is 0 Å². The smallest absolute Gasteiger partial charge is 0.0159 e. The number of likely N-dealkylation sites (N-methyl/N-ethyl adjacent to an activating group) is 1. The van der Waals surface area contributed by atoms with Gasteiger partial charge < -0.3 is 10.2 Å². The summed E-state index contributed by atoms with van der Waals surface area (Å²) >= 11 is 0. The van der Waals surface area contributed by atoms with E-state index < -0.39 is 0 Å². The van der Waals surface area contributed by atoms with Gasteiger partial charge in [-0.1, -0.05) is 13.3 Å². The highest BCUT2D eigenvalue weighted by molar-refractivity contribution is 4.97. The highest BCUT2D eigenvalue weighted by atomic mass is 15.2. The summed E-state index contributed by atoms with van der Waals surface area (Å²) in [5.41, 5.74) is 0.561. The van der Waals surface area contributed by atoms with E-state index in [1.807, 2.05) is 0 Å². The minimum atomic E-state index is 0.561. The molecule has 0 radical (unpaired) electrons. The summed E-state index contributed by atoms with van der Waals surface area (Å²) in [6.07, 6.45) is 4.25. The quantitative estimate of drug-likeness (QED) is 0.582. The second kappa shape index (κ2) is 3.00. The molecule has 0 aromatic rings. The van der Waals surface area contributed by atoms with Crippen LogP contribution < -0.4 is 5.32 Å². The van der Waals surface area contributed by atoms with E-state index in [1.54, 1.807) is 0 Å². The molecule has 0 spiro atoms. The Morgan fingerprint density at radius 1 is 1.50 bits per heavy atom. The minimum Gasteiger partial charge on any atom is -0.315 e. The van der Waals surface area contributed by atoms with Gasteiger partial charge in [0.1, 0.15) is 0 Å². The Kier molecular flexibility index (Phi) is 2.13. The third-order valence-corrected chi connectivity index (χ3v) is 3.73. The first-order valence-electron chi connectivity index (χ1n) is 5.13. The van der Waals surface area contributed by atoms with Crippen molar-refractivity contribution in [1.82, 2.24) is 10.2 Å². The number of rotatable bonds is 0. The molecule has 1 aliphatic heterocycles. The van der Waals surface area contributed by atoms with Crippen molar-refractivity contribution in [2.24, 2.45) is 5.41 Å². The van der Waals surface area contributed by atoms with Crippen LogP contribution >= 0.6 is 0 Å². The van der Waals surface area contributed by atoms with Crippen molar-refractivity contribution >= 4 is 0 Å². The van der Waals surface area contributed by atoms with Gasteiger partial charge in [0.05, 0.1) is 0 Å². The van der Waals surface area contributed by atoms with Crippen LogP contribution in [-0.2, 0) is 0 Å². The topological polar surface area (TPSA) is 15.3 Å². The van der Waals surface area contributed by atoms with Crippen molar-refractivity contribution in [2.75, 3.05) is 26.7 Å². The van der Waals surface area contributed by atoms with Crippen LogP contribution in [0, 0.1) is 5.41 Å². The lowest BCUT2D eigenvalue weighted by Crippen LogP contribution is -2.41. The van der Waals surface area contributed by atoms with Gasteiger partial charge in [0, 0.05) is 25.7 Å². The van der Waals surface area contributed by atoms with Gasteiger partial charge in [0.2, 0.25) is 0 Å². The van der Waals surface area contributed by atoms with Crippen LogP contribution in [0.2, 0.25) is 0 Å². The van der Waals surface area contributed by atoms with Crippen molar-refractivity contribution in [2.45, 2.75) is 32.2 Å². The number of hydrogen-bond donors (Lipinski definition) is 1. The summed E-state index contributed by atoms with van der Waals surface area (Å²) < 4.78 is 0. The standard InChI is InChI=1S/C10H20N2/c1-10-5-3-4-9(10)12(2)7-6-11-8-10/h9,11H,3-8H2,1-2H3/t9-,10+/m0/s1. The van der Waals surface area contributed by atoms with Crippen LogP contribution in [0.5, 0.6) is 0 Å². The van der Waals surface area contributed by atoms with E-state index in [1.165, 1.54) is 38.9 Å². The molecule has 0 unspecified atom stereocenters. The molecule has 12 heavy (non-hydrogen) atoms. The highest BCUT2D eigenvalue weighted by Crippen LogP contribution is 2.40. The zero-order chi connectivity index (χ0) is 8.60. The predicted octanol–water partition coefficient (Wildman–Crippen LogP) is 1.08. The summed E-state index contributed by atoms with van der Waals surface area (Å²) in [5.74, 6) is 0. The van der Waals surface area contributed by atoms with E-state index in [0.717, 1.165) is 6.04 Å². The summed E-state index contributed by atoms with van der Waals surface area (Å²) in [6.45, 7) is 6.06. The first-order valence-corrected chi connectivity index (χ1v) is 5.13. The van der Waals surface area contributed by atoms with Crippen LogP contribution in [0.25, 0.3) is 0 Å². The van der Waals surface area contributed by atoms with E-state index >= 15 is 0 Å². The first-order chi connectivity index (χ1) is 5.72. The largest absolute Gasteiger partial charge is 0.315 e. The lowest BCUT2D eigenvalue weighted by Gasteiger charge is -2.34. The number of nitrogens with zero attached hydrogens (tertiary/aromatic N) is 1. The molecule has 1 heterocycles. The molecule has 2 aliphatic rings. The lowest BCUT2D eigenvalue weighted by molar-refractivity contribution is 0.152. The third kappa shape index (κ3) is 1.27. The van der Waals surface area contributed by atoms with Crippen molar-refractivity contribution in [3.63, 3.8) is 0 Å². The van der Waals surface area contributed by atoms with E-state index in [9.17, 15) is 0 Å². The average Bonchev–Trinajstić information content (AvgIpc) is 2.36.